The summed E-state index contributed by atoms with van der Waals surface area (Å²) in [7, 11) is 0. The van der Waals surface area contributed by atoms with Crippen LogP contribution >= 0.6 is 0 Å². The third-order valence-corrected chi connectivity index (χ3v) is 4.32. The van der Waals surface area contributed by atoms with E-state index in [9.17, 15) is 4.79 Å². The summed E-state index contributed by atoms with van der Waals surface area (Å²) in [5, 5.41) is 22.1. The number of rotatable bonds is 6. The first-order chi connectivity index (χ1) is 12.7. The number of fused-ring (bicyclic) bond motifs is 1. The van der Waals surface area contributed by atoms with Gasteiger partial charge in [0.1, 0.15) is 12.4 Å². The van der Waals surface area contributed by atoms with Crippen LogP contribution in [0.1, 0.15) is 17.9 Å². The lowest BCUT2D eigenvalue weighted by molar-refractivity contribution is 0.198. The zero-order valence-electron chi connectivity index (χ0n) is 14.0. The van der Waals surface area contributed by atoms with E-state index in [1.54, 1.807) is 12.3 Å². The number of aromatic amines is 1. The van der Waals surface area contributed by atoms with Gasteiger partial charge in [0.05, 0.1) is 17.5 Å². The predicted molar refractivity (Wildman–Crippen MR) is 96.2 cm³/mol. The number of benzene rings is 1. The molecule has 1 aliphatic rings. The standard InChI is InChI=1S/C18H19N5O3/c24-6-7-26-17-13-10-19-16(9-15(13)22-23-17)21-18(25)20-14-8-12(14)11-4-2-1-3-5-11/h1-5,9-10,12,14,24H,6-8H2,(H,22,23)(H2,19,20,21,25). The molecule has 0 spiro atoms. The average molecular weight is 353 g/mol. The Balaban J connectivity index is 1.36. The van der Waals surface area contributed by atoms with Crippen LogP contribution in [0.25, 0.3) is 10.9 Å². The van der Waals surface area contributed by atoms with E-state index in [1.165, 1.54) is 5.56 Å². The number of nitrogens with zero attached hydrogens (tertiary/aromatic N) is 2. The van der Waals surface area contributed by atoms with Gasteiger partial charge in [0, 0.05) is 24.2 Å². The summed E-state index contributed by atoms with van der Waals surface area (Å²) in [6, 6.07) is 11.7. The van der Waals surface area contributed by atoms with Gasteiger partial charge in [-0.2, -0.15) is 0 Å². The fourth-order valence-corrected chi connectivity index (χ4v) is 2.95. The molecule has 1 aromatic carbocycles. The molecular weight excluding hydrogens is 334 g/mol. The minimum atomic E-state index is -0.281. The number of pyridine rings is 1. The van der Waals surface area contributed by atoms with E-state index in [-0.39, 0.29) is 25.3 Å². The molecule has 1 aliphatic carbocycles. The molecule has 8 nitrogen and oxygen atoms in total. The summed E-state index contributed by atoms with van der Waals surface area (Å²) in [6.45, 7) is 0.0685. The minimum absolute atomic E-state index is 0.0905. The van der Waals surface area contributed by atoms with E-state index in [1.807, 2.05) is 18.2 Å². The van der Waals surface area contributed by atoms with E-state index in [0.717, 1.165) is 6.42 Å². The highest BCUT2D eigenvalue weighted by Gasteiger charge is 2.39. The molecule has 1 saturated carbocycles. The lowest BCUT2D eigenvalue weighted by Gasteiger charge is -2.07. The molecule has 4 rings (SSSR count). The van der Waals surface area contributed by atoms with Crippen molar-refractivity contribution in [3.8, 4) is 5.88 Å². The van der Waals surface area contributed by atoms with Crippen LogP contribution in [-0.2, 0) is 0 Å². The Morgan fingerprint density at radius 2 is 2.19 bits per heavy atom. The number of urea groups is 1. The van der Waals surface area contributed by atoms with Crippen LogP contribution in [-0.4, -0.2) is 45.6 Å². The van der Waals surface area contributed by atoms with Gasteiger partial charge in [0.25, 0.3) is 0 Å². The maximum absolute atomic E-state index is 12.2. The Morgan fingerprint density at radius 3 is 3.00 bits per heavy atom. The molecule has 0 aliphatic heterocycles. The Labute approximate surface area is 149 Å². The largest absolute Gasteiger partial charge is 0.474 e. The molecular formula is C18H19N5O3. The Bertz CT molecular complexity index is 912. The van der Waals surface area contributed by atoms with Crippen LogP contribution in [0.15, 0.2) is 42.6 Å². The van der Waals surface area contributed by atoms with Gasteiger partial charge < -0.3 is 15.2 Å². The molecule has 134 valence electrons. The van der Waals surface area contributed by atoms with Gasteiger partial charge in [-0.05, 0) is 12.0 Å². The predicted octanol–water partition coefficient (Wildman–Crippen LogP) is 2.01. The molecule has 2 atom stereocenters. The van der Waals surface area contributed by atoms with Crippen LogP contribution in [0.2, 0.25) is 0 Å². The number of amides is 2. The van der Waals surface area contributed by atoms with Gasteiger partial charge in [0.2, 0.25) is 5.88 Å². The molecule has 2 aromatic heterocycles. The summed E-state index contributed by atoms with van der Waals surface area (Å²) < 4.78 is 5.31. The molecule has 0 bridgehead atoms. The molecule has 0 saturated heterocycles. The summed E-state index contributed by atoms with van der Waals surface area (Å²) in [5.74, 6) is 1.17. The number of aliphatic hydroxyl groups is 1. The van der Waals surface area contributed by atoms with Gasteiger partial charge in [-0.1, -0.05) is 30.3 Å². The Morgan fingerprint density at radius 1 is 1.35 bits per heavy atom. The van der Waals surface area contributed by atoms with E-state index in [4.69, 9.17) is 9.84 Å². The SMILES string of the molecule is O=C(Nc1cc2[nH]nc(OCCO)c2cn1)NC1CC1c1ccccc1. The van der Waals surface area contributed by atoms with Crippen LogP contribution < -0.4 is 15.4 Å². The quantitative estimate of drug-likeness (QED) is 0.541. The minimum Gasteiger partial charge on any atom is -0.474 e. The number of carbonyl (C=O) groups excluding carboxylic acids is 1. The Hall–Kier alpha value is -3.13. The normalized spacial score (nSPS) is 18.5. The number of ether oxygens (including phenoxy) is 1. The number of H-pyrrole nitrogens is 1. The lowest BCUT2D eigenvalue weighted by Crippen LogP contribution is -2.31. The molecule has 26 heavy (non-hydrogen) atoms. The van der Waals surface area contributed by atoms with Crippen molar-refractivity contribution in [3.05, 3.63) is 48.2 Å². The maximum atomic E-state index is 12.2. The summed E-state index contributed by atoms with van der Waals surface area (Å²) in [4.78, 5) is 16.4. The first-order valence-electron chi connectivity index (χ1n) is 8.45. The molecule has 2 unspecified atom stereocenters. The molecule has 0 radical (unpaired) electrons. The molecule has 2 amide bonds. The number of aromatic nitrogens is 3. The molecule has 8 heteroatoms. The average Bonchev–Trinajstić information content (AvgIpc) is 3.30. The second kappa shape index (κ2) is 7.01. The zero-order valence-corrected chi connectivity index (χ0v) is 14.0. The fourth-order valence-electron chi connectivity index (χ4n) is 2.95. The number of hydrogen-bond acceptors (Lipinski definition) is 5. The van der Waals surface area contributed by atoms with Gasteiger partial charge in [0.15, 0.2) is 0 Å². The molecule has 4 N–H and O–H groups in total. The van der Waals surface area contributed by atoms with E-state index >= 15 is 0 Å². The number of carbonyl (C=O) groups is 1. The summed E-state index contributed by atoms with van der Waals surface area (Å²) in [6.07, 6.45) is 2.51. The van der Waals surface area contributed by atoms with Crippen LogP contribution in [0, 0.1) is 0 Å². The lowest BCUT2D eigenvalue weighted by atomic mass is 10.1. The van der Waals surface area contributed by atoms with Crippen molar-refractivity contribution < 1.29 is 14.6 Å². The van der Waals surface area contributed by atoms with Gasteiger partial charge in [-0.15, -0.1) is 5.10 Å². The van der Waals surface area contributed by atoms with Gasteiger partial charge >= 0.3 is 6.03 Å². The highest BCUT2D eigenvalue weighted by Crippen LogP contribution is 2.40. The first-order valence-corrected chi connectivity index (χ1v) is 8.45. The van der Waals surface area contributed by atoms with Crippen molar-refractivity contribution in [2.45, 2.75) is 18.4 Å². The number of nitrogens with one attached hydrogen (secondary N) is 3. The second-order valence-corrected chi connectivity index (χ2v) is 6.17. The molecule has 3 aromatic rings. The topological polar surface area (TPSA) is 112 Å². The maximum Gasteiger partial charge on any atom is 0.320 e. The van der Waals surface area contributed by atoms with Crippen molar-refractivity contribution in [2.75, 3.05) is 18.5 Å². The second-order valence-electron chi connectivity index (χ2n) is 6.17. The third-order valence-electron chi connectivity index (χ3n) is 4.32. The third kappa shape index (κ3) is 3.45. The Kier molecular flexibility index (Phi) is 4.40. The van der Waals surface area contributed by atoms with Gasteiger partial charge in [-0.3, -0.25) is 10.4 Å². The highest BCUT2D eigenvalue weighted by atomic mass is 16.5. The number of anilines is 1. The number of aliphatic hydroxyl groups excluding tert-OH is 1. The van der Waals surface area contributed by atoms with Crippen molar-refractivity contribution in [1.82, 2.24) is 20.5 Å². The summed E-state index contributed by atoms with van der Waals surface area (Å²) in [5.41, 5.74) is 1.93. The fraction of sp³-hybridized carbons (Fsp3) is 0.278. The van der Waals surface area contributed by atoms with Crippen LogP contribution in [0.4, 0.5) is 10.6 Å². The van der Waals surface area contributed by atoms with Crippen molar-refractivity contribution >= 4 is 22.8 Å². The van der Waals surface area contributed by atoms with Crippen molar-refractivity contribution in [1.29, 1.82) is 0 Å². The van der Waals surface area contributed by atoms with E-state index < -0.39 is 0 Å². The van der Waals surface area contributed by atoms with Crippen LogP contribution in [0.5, 0.6) is 5.88 Å². The zero-order chi connectivity index (χ0) is 17.9. The van der Waals surface area contributed by atoms with Crippen molar-refractivity contribution in [3.63, 3.8) is 0 Å². The first kappa shape index (κ1) is 16.3. The number of hydrogen-bond donors (Lipinski definition) is 4. The smallest absolute Gasteiger partial charge is 0.320 e. The molecule has 1 fully saturated rings. The van der Waals surface area contributed by atoms with E-state index in [0.29, 0.717) is 28.5 Å². The van der Waals surface area contributed by atoms with E-state index in [2.05, 4.69) is 37.9 Å². The van der Waals surface area contributed by atoms with Crippen molar-refractivity contribution in [2.24, 2.45) is 0 Å². The highest BCUT2D eigenvalue weighted by molar-refractivity contribution is 5.92. The monoisotopic (exact) mass is 353 g/mol. The molecule has 2 heterocycles. The van der Waals surface area contributed by atoms with Gasteiger partial charge in [-0.25, -0.2) is 9.78 Å². The van der Waals surface area contributed by atoms with Crippen LogP contribution in [0.3, 0.4) is 0 Å². The summed E-state index contributed by atoms with van der Waals surface area (Å²) >= 11 is 0.